The fourth-order valence-corrected chi connectivity index (χ4v) is 2.91. The van der Waals surface area contributed by atoms with Gasteiger partial charge in [0.1, 0.15) is 6.26 Å². The van der Waals surface area contributed by atoms with Crippen LogP contribution in [-0.4, -0.2) is 33.7 Å². The lowest BCUT2D eigenvalue weighted by Gasteiger charge is -2.32. The fourth-order valence-electron chi connectivity index (χ4n) is 2.91. The molecule has 2 heterocycles. The van der Waals surface area contributed by atoms with Gasteiger partial charge in [0.25, 0.3) is 0 Å². The molecule has 1 fully saturated rings. The van der Waals surface area contributed by atoms with Gasteiger partial charge in [-0.05, 0) is 25.7 Å². The zero-order valence-electron chi connectivity index (χ0n) is 10.3. The molecule has 0 aromatic carbocycles. The highest BCUT2D eigenvalue weighted by molar-refractivity contribution is 5.79. The fraction of sp³-hybridized carbons (Fsp3) is 0.692. The second-order valence-electron chi connectivity index (χ2n) is 5.30. The molecule has 0 spiro atoms. The Labute approximate surface area is 106 Å². The van der Waals surface area contributed by atoms with Crippen LogP contribution in [-0.2, 0) is 17.8 Å². The molecule has 1 aliphatic carbocycles. The number of nitrogens with zero attached hydrogens (tertiary/aromatic N) is 2. The molecule has 5 heteroatoms. The van der Waals surface area contributed by atoms with Crippen LogP contribution in [0.15, 0.2) is 10.8 Å². The molecule has 0 radical (unpaired) electrons. The Kier molecular flexibility index (Phi) is 3.07. The first kappa shape index (κ1) is 11.7. The first-order valence-corrected chi connectivity index (χ1v) is 6.63. The monoisotopic (exact) mass is 250 g/mol. The van der Waals surface area contributed by atoms with Gasteiger partial charge in [-0.3, -0.25) is 4.79 Å². The average Bonchev–Trinajstić information content (AvgIpc) is 2.86. The molecule has 0 unspecified atom stereocenters. The van der Waals surface area contributed by atoms with E-state index in [9.17, 15) is 9.90 Å². The molecular formula is C13H18N2O3. The minimum Gasteiger partial charge on any atom is -0.393 e. The minimum atomic E-state index is -0.208. The predicted octanol–water partition coefficient (Wildman–Crippen LogP) is 1.11. The van der Waals surface area contributed by atoms with E-state index in [-0.39, 0.29) is 17.9 Å². The van der Waals surface area contributed by atoms with Gasteiger partial charge >= 0.3 is 0 Å². The summed E-state index contributed by atoms with van der Waals surface area (Å²) in [6, 6.07) is 0. The molecule has 0 bridgehead atoms. The Balaban J connectivity index is 1.64. The van der Waals surface area contributed by atoms with Crippen molar-refractivity contribution in [2.24, 2.45) is 5.92 Å². The van der Waals surface area contributed by atoms with Gasteiger partial charge in [0.15, 0.2) is 0 Å². The Morgan fingerprint density at radius 2 is 2.17 bits per heavy atom. The molecule has 98 valence electrons. The summed E-state index contributed by atoms with van der Waals surface area (Å²) in [6.45, 7) is 1.36. The number of hydrogen-bond donors (Lipinski definition) is 1. The van der Waals surface area contributed by atoms with E-state index >= 15 is 0 Å². The molecule has 1 N–H and O–H groups in total. The quantitative estimate of drug-likeness (QED) is 0.810. The van der Waals surface area contributed by atoms with Crippen LogP contribution < -0.4 is 0 Å². The van der Waals surface area contributed by atoms with Crippen LogP contribution in [0.2, 0.25) is 0 Å². The molecule has 3 rings (SSSR count). The molecule has 0 saturated heterocycles. The van der Waals surface area contributed by atoms with Gasteiger partial charge in [0, 0.05) is 24.4 Å². The van der Waals surface area contributed by atoms with Gasteiger partial charge in [-0.25, -0.2) is 0 Å². The molecule has 1 aliphatic heterocycles. The number of fused-ring (bicyclic) bond motifs is 1. The van der Waals surface area contributed by atoms with Crippen LogP contribution in [0.5, 0.6) is 0 Å². The molecule has 1 aromatic heterocycles. The number of hydrogen-bond acceptors (Lipinski definition) is 4. The highest BCUT2D eigenvalue weighted by Crippen LogP contribution is 2.28. The van der Waals surface area contributed by atoms with Gasteiger partial charge < -0.3 is 14.5 Å². The van der Waals surface area contributed by atoms with E-state index in [0.717, 1.165) is 49.9 Å². The molecule has 1 saturated carbocycles. The zero-order valence-corrected chi connectivity index (χ0v) is 10.3. The van der Waals surface area contributed by atoms with Crippen molar-refractivity contribution in [2.75, 3.05) is 6.54 Å². The number of rotatable bonds is 1. The summed E-state index contributed by atoms with van der Waals surface area (Å²) in [5.74, 6) is 0.323. The maximum absolute atomic E-state index is 12.4. The molecular weight excluding hydrogens is 232 g/mol. The van der Waals surface area contributed by atoms with Crippen molar-refractivity contribution in [3.05, 3.63) is 17.5 Å². The van der Waals surface area contributed by atoms with Crippen LogP contribution in [0, 0.1) is 5.92 Å². The van der Waals surface area contributed by atoms with Crippen molar-refractivity contribution in [3.63, 3.8) is 0 Å². The Hall–Kier alpha value is -1.36. The van der Waals surface area contributed by atoms with E-state index in [1.807, 2.05) is 4.90 Å². The third kappa shape index (κ3) is 2.14. The maximum Gasteiger partial charge on any atom is 0.225 e. The first-order chi connectivity index (χ1) is 8.74. The van der Waals surface area contributed by atoms with Crippen LogP contribution in [0.4, 0.5) is 0 Å². The lowest BCUT2D eigenvalue weighted by Crippen LogP contribution is -2.41. The van der Waals surface area contributed by atoms with Crippen LogP contribution in [0.1, 0.15) is 36.9 Å². The largest absolute Gasteiger partial charge is 0.393 e. The summed E-state index contributed by atoms with van der Waals surface area (Å²) in [4.78, 5) is 14.3. The van der Waals surface area contributed by atoms with Crippen molar-refractivity contribution in [1.82, 2.24) is 10.1 Å². The summed E-state index contributed by atoms with van der Waals surface area (Å²) in [6.07, 6.45) is 5.35. The summed E-state index contributed by atoms with van der Waals surface area (Å²) in [5, 5.41) is 13.4. The third-order valence-electron chi connectivity index (χ3n) is 4.07. The first-order valence-electron chi connectivity index (χ1n) is 6.63. The van der Waals surface area contributed by atoms with E-state index in [4.69, 9.17) is 4.52 Å². The number of aliphatic hydroxyl groups excluding tert-OH is 1. The van der Waals surface area contributed by atoms with E-state index in [2.05, 4.69) is 5.16 Å². The lowest BCUT2D eigenvalue weighted by molar-refractivity contribution is -0.138. The molecule has 5 nitrogen and oxygen atoms in total. The second kappa shape index (κ2) is 4.72. The standard InChI is InChI=1S/C13H18N2O3/c16-11-3-1-9(2-4-11)13(17)15-6-5-12-10(7-15)8-18-14-12/h8-9,11,16H,1-7H2. The molecule has 2 aliphatic rings. The van der Waals surface area contributed by atoms with Gasteiger partial charge in [-0.2, -0.15) is 0 Å². The third-order valence-corrected chi connectivity index (χ3v) is 4.07. The summed E-state index contributed by atoms with van der Waals surface area (Å²) < 4.78 is 4.93. The topological polar surface area (TPSA) is 66.6 Å². The van der Waals surface area contributed by atoms with Crippen LogP contribution in [0.25, 0.3) is 0 Å². The van der Waals surface area contributed by atoms with Crippen molar-refractivity contribution < 1.29 is 14.4 Å². The minimum absolute atomic E-state index is 0.0924. The van der Waals surface area contributed by atoms with Gasteiger partial charge in [-0.15, -0.1) is 0 Å². The van der Waals surface area contributed by atoms with Crippen molar-refractivity contribution >= 4 is 5.91 Å². The number of aromatic nitrogens is 1. The maximum atomic E-state index is 12.4. The van der Waals surface area contributed by atoms with Crippen molar-refractivity contribution in [1.29, 1.82) is 0 Å². The van der Waals surface area contributed by atoms with Crippen LogP contribution in [0.3, 0.4) is 0 Å². The molecule has 18 heavy (non-hydrogen) atoms. The SMILES string of the molecule is O=C(C1CCC(O)CC1)N1CCc2nocc2C1. The number of carbonyl (C=O) groups excluding carboxylic acids is 1. The van der Waals surface area contributed by atoms with E-state index in [0.29, 0.717) is 6.54 Å². The van der Waals surface area contributed by atoms with Crippen LogP contribution >= 0.6 is 0 Å². The van der Waals surface area contributed by atoms with E-state index in [1.54, 1.807) is 6.26 Å². The number of carbonyl (C=O) groups is 1. The Morgan fingerprint density at radius 1 is 1.39 bits per heavy atom. The van der Waals surface area contributed by atoms with Gasteiger partial charge in [0.05, 0.1) is 18.3 Å². The van der Waals surface area contributed by atoms with Gasteiger partial charge in [0.2, 0.25) is 5.91 Å². The lowest BCUT2D eigenvalue weighted by atomic mass is 9.86. The number of aliphatic hydroxyl groups is 1. The summed E-state index contributed by atoms with van der Waals surface area (Å²) in [7, 11) is 0. The molecule has 1 aromatic rings. The zero-order chi connectivity index (χ0) is 12.5. The second-order valence-corrected chi connectivity index (χ2v) is 5.30. The highest BCUT2D eigenvalue weighted by atomic mass is 16.5. The Morgan fingerprint density at radius 3 is 2.94 bits per heavy atom. The summed E-state index contributed by atoms with van der Waals surface area (Å²) in [5.41, 5.74) is 2.02. The predicted molar refractivity (Wildman–Crippen MR) is 63.6 cm³/mol. The molecule has 1 amide bonds. The molecule has 0 atom stereocenters. The average molecular weight is 250 g/mol. The number of amides is 1. The normalized spacial score (nSPS) is 27.9. The smallest absolute Gasteiger partial charge is 0.225 e. The van der Waals surface area contributed by atoms with E-state index < -0.39 is 0 Å². The van der Waals surface area contributed by atoms with Gasteiger partial charge in [-0.1, -0.05) is 5.16 Å². The van der Waals surface area contributed by atoms with E-state index in [1.165, 1.54) is 0 Å². The van der Waals surface area contributed by atoms with Crippen molar-refractivity contribution in [3.8, 4) is 0 Å². The summed E-state index contributed by atoms with van der Waals surface area (Å²) >= 11 is 0. The van der Waals surface area contributed by atoms with Crippen molar-refractivity contribution in [2.45, 2.75) is 44.8 Å². The highest BCUT2D eigenvalue weighted by Gasteiger charge is 2.31. The Bertz CT molecular complexity index is 435.